The van der Waals surface area contributed by atoms with Crippen LogP contribution in [0.25, 0.3) is 0 Å². The Balaban J connectivity index is 1.98. The van der Waals surface area contributed by atoms with Gasteiger partial charge < -0.3 is 14.8 Å². The molecule has 5 heteroatoms. The molecule has 23 heavy (non-hydrogen) atoms. The van der Waals surface area contributed by atoms with Gasteiger partial charge in [0.2, 0.25) is 0 Å². The van der Waals surface area contributed by atoms with Gasteiger partial charge >= 0.3 is 0 Å². The maximum atomic E-state index is 5.50. The maximum absolute atomic E-state index is 5.50. The van der Waals surface area contributed by atoms with Gasteiger partial charge in [-0.3, -0.25) is 4.90 Å². The summed E-state index contributed by atoms with van der Waals surface area (Å²) in [6.07, 6.45) is 1.17. The molecule has 0 amide bonds. The number of hydrogen-bond acceptors (Lipinski definition) is 5. The molecule has 124 valence electrons. The van der Waals surface area contributed by atoms with Crippen LogP contribution in [0.1, 0.15) is 23.6 Å². The molecule has 1 fully saturated rings. The van der Waals surface area contributed by atoms with Crippen LogP contribution < -0.4 is 14.8 Å². The first kappa shape index (κ1) is 16.3. The monoisotopic (exact) mass is 332 g/mol. The zero-order chi connectivity index (χ0) is 16.1. The summed E-state index contributed by atoms with van der Waals surface area (Å²) >= 11 is 1.75. The van der Waals surface area contributed by atoms with Crippen LogP contribution in [0.2, 0.25) is 0 Å². The van der Waals surface area contributed by atoms with Gasteiger partial charge in [-0.2, -0.15) is 11.3 Å². The predicted octanol–water partition coefficient (Wildman–Crippen LogP) is 3.15. The fraction of sp³-hybridized carbons (Fsp3) is 0.444. The van der Waals surface area contributed by atoms with Crippen molar-refractivity contribution in [2.24, 2.45) is 0 Å². The van der Waals surface area contributed by atoms with E-state index in [1.54, 1.807) is 25.6 Å². The van der Waals surface area contributed by atoms with Crippen molar-refractivity contribution in [3.63, 3.8) is 0 Å². The van der Waals surface area contributed by atoms with E-state index in [9.17, 15) is 0 Å². The fourth-order valence-corrected chi connectivity index (χ4v) is 3.87. The van der Waals surface area contributed by atoms with Crippen LogP contribution in [-0.4, -0.2) is 45.3 Å². The van der Waals surface area contributed by atoms with Gasteiger partial charge in [-0.1, -0.05) is 6.07 Å². The summed E-state index contributed by atoms with van der Waals surface area (Å²) in [6.45, 7) is 4.28. The molecule has 1 unspecified atom stereocenters. The molecule has 1 aliphatic rings. The molecule has 1 saturated heterocycles. The number of hydrogen-bond donors (Lipinski definition) is 1. The number of nitrogens with zero attached hydrogens (tertiary/aromatic N) is 1. The molecule has 1 aliphatic heterocycles. The van der Waals surface area contributed by atoms with Crippen LogP contribution in [0.3, 0.4) is 0 Å². The normalized spacial score (nSPS) is 17.5. The SMILES string of the molecule is COc1ccc(C(c2ccsc2)N2CCCNCC2)cc1OC. The Labute approximate surface area is 142 Å². The predicted molar refractivity (Wildman–Crippen MR) is 94.8 cm³/mol. The molecule has 0 bridgehead atoms. The fourth-order valence-electron chi connectivity index (χ4n) is 3.19. The lowest BCUT2D eigenvalue weighted by atomic mass is 9.98. The van der Waals surface area contributed by atoms with Gasteiger partial charge in [0.25, 0.3) is 0 Å². The Morgan fingerprint density at radius 1 is 1.04 bits per heavy atom. The molecule has 4 nitrogen and oxygen atoms in total. The molecule has 0 spiro atoms. The molecule has 1 aromatic carbocycles. The van der Waals surface area contributed by atoms with Crippen LogP contribution in [0.15, 0.2) is 35.0 Å². The Bertz CT molecular complexity index is 607. The van der Waals surface area contributed by atoms with E-state index in [4.69, 9.17) is 9.47 Å². The van der Waals surface area contributed by atoms with Crippen LogP contribution in [0.4, 0.5) is 0 Å². The number of rotatable bonds is 5. The second kappa shape index (κ2) is 7.81. The minimum absolute atomic E-state index is 0.265. The number of methoxy groups -OCH3 is 2. The van der Waals surface area contributed by atoms with Crippen LogP contribution in [0.5, 0.6) is 11.5 Å². The Hall–Kier alpha value is -1.56. The molecule has 0 aliphatic carbocycles. The van der Waals surface area contributed by atoms with E-state index in [1.165, 1.54) is 17.5 Å². The average molecular weight is 332 g/mol. The molecule has 2 aromatic rings. The van der Waals surface area contributed by atoms with Crippen molar-refractivity contribution >= 4 is 11.3 Å². The minimum atomic E-state index is 0.265. The molecule has 3 rings (SSSR count). The second-order valence-corrected chi connectivity index (χ2v) is 6.49. The number of ether oxygens (including phenoxy) is 2. The summed E-state index contributed by atoms with van der Waals surface area (Å²) in [7, 11) is 3.37. The van der Waals surface area contributed by atoms with Gasteiger partial charge in [0.05, 0.1) is 20.3 Å². The summed E-state index contributed by atoms with van der Waals surface area (Å²) in [4.78, 5) is 2.56. The summed E-state index contributed by atoms with van der Waals surface area (Å²) in [5.41, 5.74) is 2.60. The molecule has 1 atom stereocenters. The van der Waals surface area contributed by atoms with Gasteiger partial charge in [-0.25, -0.2) is 0 Å². The van der Waals surface area contributed by atoms with Crippen LogP contribution >= 0.6 is 11.3 Å². The second-order valence-electron chi connectivity index (χ2n) is 5.71. The Morgan fingerprint density at radius 3 is 2.65 bits per heavy atom. The van der Waals surface area contributed by atoms with Gasteiger partial charge in [-0.15, -0.1) is 0 Å². The van der Waals surface area contributed by atoms with Crippen molar-refractivity contribution in [3.05, 3.63) is 46.2 Å². The average Bonchev–Trinajstić information content (AvgIpc) is 2.98. The first-order chi connectivity index (χ1) is 11.3. The number of benzene rings is 1. The molecule has 1 N–H and O–H groups in total. The summed E-state index contributed by atoms with van der Waals surface area (Å²) in [6, 6.07) is 8.76. The van der Waals surface area contributed by atoms with E-state index < -0.39 is 0 Å². The highest BCUT2D eigenvalue weighted by Gasteiger charge is 2.24. The lowest BCUT2D eigenvalue weighted by Gasteiger charge is -2.31. The van der Waals surface area contributed by atoms with E-state index >= 15 is 0 Å². The Kier molecular flexibility index (Phi) is 5.54. The van der Waals surface area contributed by atoms with Crippen molar-refractivity contribution in [2.75, 3.05) is 40.4 Å². The van der Waals surface area contributed by atoms with E-state index in [2.05, 4.69) is 39.2 Å². The van der Waals surface area contributed by atoms with Gasteiger partial charge in [0, 0.05) is 19.6 Å². The quantitative estimate of drug-likeness (QED) is 0.912. The third-order valence-corrected chi connectivity index (χ3v) is 5.02. The van der Waals surface area contributed by atoms with E-state index in [-0.39, 0.29) is 6.04 Å². The third kappa shape index (κ3) is 3.68. The van der Waals surface area contributed by atoms with Crippen LogP contribution in [-0.2, 0) is 0 Å². The molecule has 2 heterocycles. The Morgan fingerprint density at radius 2 is 1.91 bits per heavy atom. The minimum Gasteiger partial charge on any atom is -0.493 e. The molecular formula is C18H24N2O2S. The molecule has 0 radical (unpaired) electrons. The van der Waals surface area contributed by atoms with E-state index in [1.807, 2.05) is 6.07 Å². The zero-order valence-electron chi connectivity index (χ0n) is 13.7. The topological polar surface area (TPSA) is 33.7 Å². The highest BCUT2D eigenvalue weighted by Crippen LogP contribution is 2.36. The van der Waals surface area contributed by atoms with Gasteiger partial charge in [0.1, 0.15) is 0 Å². The standard InChI is InChI=1S/C18H24N2O2S/c1-21-16-5-4-14(12-17(16)22-2)18(15-6-11-23-13-15)20-9-3-7-19-8-10-20/h4-6,11-13,18-19H,3,7-10H2,1-2H3. The zero-order valence-corrected chi connectivity index (χ0v) is 14.6. The third-order valence-electron chi connectivity index (χ3n) is 4.32. The smallest absolute Gasteiger partial charge is 0.161 e. The summed E-state index contributed by atoms with van der Waals surface area (Å²) < 4.78 is 10.9. The van der Waals surface area contributed by atoms with E-state index in [0.717, 1.165) is 37.7 Å². The number of nitrogens with one attached hydrogen (secondary N) is 1. The number of thiophene rings is 1. The van der Waals surface area contributed by atoms with Gasteiger partial charge in [0.15, 0.2) is 11.5 Å². The summed E-state index contributed by atoms with van der Waals surface area (Å²) in [5.74, 6) is 1.57. The largest absolute Gasteiger partial charge is 0.493 e. The van der Waals surface area contributed by atoms with Crippen LogP contribution in [0, 0.1) is 0 Å². The molecule has 0 saturated carbocycles. The van der Waals surface area contributed by atoms with Crippen molar-refractivity contribution < 1.29 is 9.47 Å². The lowest BCUT2D eigenvalue weighted by Crippen LogP contribution is -2.32. The first-order valence-electron chi connectivity index (χ1n) is 8.02. The van der Waals surface area contributed by atoms with E-state index in [0.29, 0.717) is 0 Å². The highest BCUT2D eigenvalue weighted by atomic mass is 32.1. The molecule has 1 aromatic heterocycles. The first-order valence-corrected chi connectivity index (χ1v) is 8.96. The lowest BCUT2D eigenvalue weighted by molar-refractivity contribution is 0.240. The maximum Gasteiger partial charge on any atom is 0.161 e. The van der Waals surface area contributed by atoms with Gasteiger partial charge in [-0.05, 0) is 53.1 Å². The van der Waals surface area contributed by atoms with Crippen molar-refractivity contribution in [2.45, 2.75) is 12.5 Å². The van der Waals surface area contributed by atoms with Crippen molar-refractivity contribution in [1.29, 1.82) is 0 Å². The summed E-state index contributed by atoms with van der Waals surface area (Å²) in [5, 5.41) is 7.89. The van der Waals surface area contributed by atoms with Crippen molar-refractivity contribution in [1.82, 2.24) is 10.2 Å². The highest BCUT2D eigenvalue weighted by molar-refractivity contribution is 7.08. The molecular weight excluding hydrogens is 308 g/mol. The van der Waals surface area contributed by atoms with Crippen molar-refractivity contribution in [3.8, 4) is 11.5 Å².